The van der Waals surface area contributed by atoms with Crippen LogP contribution in [0.3, 0.4) is 0 Å². The zero-order valence-electron chi connectivity index (χ0n) is 16.7. The molecule has 7 heteroatoms. The molecule has 7 nitrogen and oxygen atoms in total. The van der Waals surface area contributed by atoms with Gasteiger partial charge in [0.05, 0.1) is 0 Å². The minimum Gasteiger partial charge on any atom is -0.338 e. The molecule has 0 saturated heterocycles. The van der Waals surface area contributed by atoms with Crippen molar-refractivity contribution in [3.05, 3.63) is 83.9 Å². The van der Waals surface area contributed by atoms with Crippen LogP contribution < -0.4 is 16.0 Å². The highest BCUT2D eigenvalue weighted by molar-refractivity contribution is 5.97. The minimum absolute atomic E-state index is 0.0193. The van der Waals surface area contributed by atoms with E-state index in [-0.39, 0.29) is 18.0 Å². The van der Waals surface area contributed by atoms with Gasteiger partial charge in [-0.3, -0.25) is 4.79 Å². The van der Waals surface area contributed by atoms with Gasteiger partial charge in [0.15, 0.2) is 0 Å². The summed E-state index contributed by atoms with van der Waals surface area (Å²) in [5.74, 6) is 0.477. The van der Waals surface area contributed by atoms with Crippen LogP contribution in [-0.4, -0.2) is 27.5 Å². The number of aromatic nitrogens is 2. The maximum absolute atomic E-state index is 13.0. The van der Waals surface area contributed by atoms with Gasteiger partial charge in [0, 0.05) is 36.7 Å². The van der Waals surface area contributed by atoms with Crippen LogP contribution in [0.15, 0.2) is 67.0 Å². The second-order valence-electron chi connectivity index (χ2n) is 7.05. The molecule has 0 aliphatic carbocycles. The summed E-state index contributed by atoms with van der Waals surface area (Å²) in [7, 11) is 1.89. The van der Waals surface area contributed by atoms with E-state index in [0.717, 1.165) is 11.4 Å². The van der Waals surface area contributed by atoms with Gasteiger partial charge in [-0.1, -0.05) is 36.4 Å². The highest BCUT2D eigenvalue weighted by Crippen LogP contribution is 2.21. The first-order chi connectivity index (χ1) is 13.9. The molecule has 150 valence electrons. The number of urea groups is 1. The number of aryl methyl sites for hydroxylation is 1. The SMILES string of the molecule is CC(C)NC(=O)Nc1cccc(C(=O)NC(c2ccccc2)c2nccn2C)c1. The molecule has 3 aromatic rings. The molecular weight excluding hydrogens is 366 g/mol. The maximum atomic E-state index is 13.0. The third kappa shape index (κ3) is 5.22. The molecule has 1 atom stereocenters. The average molecular weight is 391 g/mol. The molecule has 3 rings (SSSR count). The van der Waals surface area contributed by atoms with Gasteiger partial charge in [0.2, 0.25) is 0 Å². The largest absolute Gasteiger partial charge is 0.338 e. The van der Waals surface area contributed by atoms with E-state index in [0.29, 0.717) is 11.3 Å². The number of rotatable bonds is 6. The zero-order chi connectivity index (χ0) is 20.8. The smallest absolute Gasteiger partial charge is 0.319 e. The molecule has 0 saturated carbocycles. The normalized spacial score (nSPS) is 11.7. The van der Waals surface area contributed by atoms with Gasteiger partial charge in [0.1, 0.15) is 11.9 Å². The van der Waals surface area contributed by atoms with Crippen molar-refractivity contribution in [1.29, 1.82) is 0 Å². The van der Waals surface area contributed by atoms with Crippen molar-refractivity contribution in [2.45, 2.75) is 25.9 Å². The summed E-state index contributed by atoms with van der Waals surface area (Å²) in [4.78, 5) is 29.3. The monoisotopic (exact) mass is 391 g/mol. The van der Waals surface area contributed by atoms with Crippen molar-refractivity contribution in [3.63, 3.8) is 0 Å². The van der Waals surface area contributed by atoms with E-state index in [2.05, 4.69) is 20.9 Å². The number of carbonyl (C=O) groups excluding carboxylic acids is 2. The number of carbonyl (C=O) groups is 2. The predicted octanol–water partition coefficient (Wildman–Crippen LogP) is 3.47. The molecule has 0 aliphatic rings. The molecule has 0 spiro atoms. The molecule has 3 N–H and O–H groups in total. The molecule has 1 heterocycles. The molecule has 0 aliphatic heterocycles. The van der Waals surface area contributed by atoms with Crippen LogP contribution in [0.1, 0.15) is 41.6 Å². The van der Waals surface area contributed by atoms with Gasteiger partial charge in [-0.05, 0) is 37.6 Å². The predicted molar refractivity (Wildman–Crippen MR) is 113 cm³/mol. The third-order valence-electron chi connectivity index (χ3n) is 4.33. The van der Waals surface area contributed by atoms with E-state index in [9.17, 15) is 9.59 Å². The summed E-state index contributed by atoms with van der Waals surface area (Å²) in [5.41, 5.74) is 1.92. The first kappa shape index (κ1) is 20.1. The maximum Gasteiger partial charge on any atom is 0.319 e. The standard InChI is InChI=1S/C22H25N5O2/c1-15(2)24-22(29)25-18-11-7-10-17(14-18)21(28)26-19(16-8-5-4-6-9-16)20-23-12-13-27(20)3/h4-15,19H,1-3H3,(H,26,28)(H2,24,25,29). The minimum atomic E-state index is -0.399. The van der Waals surface area contributed by atoms with Crippen molar-refractivity contribution in [2.75, 3.05) is 5.32 Å². The highest BCUT2D eigenvalue weighted by atomic mass is 16.2. The summed E-state index contributed by atoms with van der Waals surface area (Å²) in [6.07, 6.45) is 3.55. The third-order valence-corrected chi connectivity index (χ3v) is 4.33. The summed E-state index contributed by atoms with van der Waals surface area (Å²) >= 11 is 0. The average Bonchev–Trinajstić information content (AvgIpc) is 3.11. The van der Waals surface area contributed by atoms with Crippen molar-refractivity contribution >= 4 is 17.6 Å². The molecule has 29 heavy (non-hydrogen) atoms. The first-order valence-electron chi connectivity index (χ1n) is 9.44. The number of nitrogens with one attached hydrogen (secondary N) is 3. The lowest BCUT2D eigenvalue weighted by Gasteiger charge is -2.19. The molecule has 1 aromatic heterocycles. The number of anilines is 1. The van der Waals surface area contributed by atoms with Crippen molar-refractivity contribution < 1.29 is 9.59 Å². The van der Waals surface area contributed by atoms with Gasteiger partial charge in [-0.25, -0.2) is 9.78 Å². The lowest BCUT2D eigenvalue weighted by molar-refractivity contribution is 0.0941. The Hall–Kier alpha value is -3.61. The summed E-state index contributed by atoms with van der Waals surface area (Å²) < 4.78 is 1.88. The van der Waals surface area contributed by atoms with Gasteiger partial charge < -0.3 is 20.5 Å². The Morgan fingerprint density at radius 1 is 1.00 bits per heavy atom. The van der Waals surface area contributed by atoms with E-state index >= 15 is 0 Å². The van der Waals surface area contributed by atoms with E-state index in [4.69, 9.17) is 0 Å². The van der Waals surface area contributed by atoms with E-state index in [1.165, 1.54) is 0 Å². The molecule has 0 fully saturated rings. The molecular formula is C22H25N5O2. The Morgan fingerprint density at radius 3 is 2.41 bits per heavy atom. The fourth-order valence-electron chi connectivity index (χ4n) is 2.98. The fourth-order valence-corrected chi connectivity index (χ4v) is 2.98. The molecule has 3 amide bonds. The highest BCUT2D eigenvalue weighted by Gasteiger charge is 2.21. The number of benzene rings is 2. The Balaban J connectivity index is 1.81. The van der Waals surface area contributed by atoms with Crippen LogP contribution >= 0.6 is 0 Å². The van der Waals surface area contributed by atoms with Gasteiger partial charge >= 0.3 is 6.03 Å². The lowest BCUT2D eigenvalue weighted by Crippen LogP contribution is -2.34. The molecule has 0 bridgehead atoms. The quantitative estimate of drug-likeness (QED) is 0.601. The second kappa shape index (κ2) is 9.05. The number of imidazole rings is 1. The Bertz CT molecular complexity index is 982. The van der Waals surface area contributed by atoms with E-state index < -0.39 is 6.04 Å². The molecule has 0 radical (unpaired) electrons. The summed E-state index contributed by atoms with van der Waals surface area (Å²) in [5, 5.41) is 8.56. The van der Waals surface area contributed by atoms with Crippen LogP contribution in [-0.2, 0) is 7.05 Å². The van der Waals surface area contributed by atoms with Crippen molar-refractivity contribution in [2.24, 2.45) is 7.05 Å². The number of hydrogen-bond acceptors (Lipinski definition) is 3. The number of amides is 3. The van der Waals surface area contributed by atoms with E-state index in [1.54, 1.807) is 30.5 Å². The summed E-state index contributed by atoms with van der Waals surface area (Å²) in [6, 6.07) is 15.8. The van der Waals surface area contributed by atoms with Gasteiger partial charge in [-0.2, -0.15) is 0 Å². The Kier molecular flexibility index (Phi) is 6.29. The van der Waals surface area contributed by atoms with Crippen LogP contribution in [0.5, 0.6) is 0 Å². The first-order valence-corrected chi connectivity index (χ1v) is 9.44. The second-order valence-corrected chi connectivity index (χ2v) is 7.05. The Labute approximate surface area is 170 Å². The Morgan fingerprint density at radius 2 is 1.76 bits per heavy atom. The van der Waals surface area contributed by atoms with Crippen LogP contribution in [0, 0.1) is 0 Å². The van der Waals surface area contributed by atoms with Crippen molar-refractivity contribution in [1.82, 2.24) is 20.2 Å². The van der Waals surface area contributed by atoms with Crippen LogP contribution in [0.4, 0.5) is 10.5 Å². The van der Waals surface area contributed by atoms with Crippen LogP contribution in [0.2, 0.25) is 0 Å². The van der Waals surface area contributed by atoms with Crippen LogP contribution in [0.25, 0.3) is 0 Å². The fraction of sp³-hybridized carbons (Fsp3) is 0.227. The number of hydrogen-bond donors (Lipinski definition) is 3. The lowest BCUT2D eigenvalue weighted by atomic mass is 10.1. The van der Waals surface area contributed by atoms with Gasteiger partial charge in [-0.15, -0.1) is 0 Å². The summed E-state index contributed by atoms with van der Waals surface area (Å²) in [6.45, 7) is 3.76. The topological polar surface area (TPSA) is 88.1 Å². The molecule has 2 aromatic carbocycles. The van der Waals surface area contributed by atoms with Crippen molar-refractivity contribution in [3.8, 4) is 0 Å². The van der Waals surface area contributed by atoms with E-state index in [1.807, 2.05) is 62.0 Å². The number of nitrogens with zero attached hydrogens (tertiary/aromatic N) is 2. The van der Waals surface area contributed by atoms with Gasteiger partial charge in [0.25, 0.3) is 5.91 Å². The zero-order valence-corrected chi connectivity index (χ0v) is 16.7. The molecule has 1 unspecified atom stereocenters.